The van der Waals surface area contributed by atoms with Crippen molar-refractivity contribution in [2.24, 2.45) is 0 Å². The lowest BCUT2D eigenvalue weighted by Crippen LogP contribution is -1.66. The van der Waals surface area contributed by atoms with Gasteiger partial charge in [0, 0.05) is 11.3 Å². The Morgan fingerprint density at radius 1 is 1.14 bits per heavy atom. The fourth-order valence-corrected chi connectivity index (χ4v) is 1.68. The van der Waals surface area contributed by atoms with Crippen LogP contribution in [0.5, 0.6) is 0 Å². The molecule has 2 aromatic heterocycles. The van der Waals surface area contributed by atoms with Crippen LogP contribution in [0.25, 0.3) is 0 Å². The maximum atomic E-state index is 4.98. The Morgan fingerprint density at radius 2 is 2.00 bits per heavy atom. The SMILES string of the molecule is CCc1ccco1.CCc1cccs1. The molecule has 2 heterocycles. The zero-order chi connectivity index (χ0) is 10.2. The summed E-state index contributed by atoms with van der Waals surface area (Å²) >= 11 is 1.82. The number of hydrogen-bond donors (Lipinski definition) is 0. The highest BCUT2D eigenvalue weighted by molar-refractivity contribution is 7.09. The maximum Gasteiger partial charge on any atom is 0.103 e. The summed E-state index contributed by atoms with van der Waals surface area (Å²) in [4.78, 5) is 1.47. The van der Waals surface area contributed by atoms with Crippen LogP contribution in [0, 0.1) is 0 Å². The zero-order valence-corrected chi connectivity index (χ0v) is 9.51. The minimum Gasteiger partial charge on any atom is -0.469 e. The van der Waals surface area contributed by atoms with Gasteiger partial charge in [-0.3, -0.25) is 0 Å². The highest BCUT2D eigenvalue weighted by Crippen LogP contribution is 2.07. The van der Waals surface area contributed by atoms with Crippen LogP contribution in [0.1, 0.15) is 24.5 Å². The van der Waals surface area contributed by atoms with Crippen molar-refractivity contribution >= 4 is 11.3 Å². The van der Waals surface area contributed by atoms with Gasteiger partial charge in [-0.1, -0.05) is 19.9 Å². The summed E-state index contributed by atoms with van der Waals surface area (Å²) in [7, 11) is 0. The second kappa shape index (κ2) is 6.44. The highest BCUT2D eigenvalue weighted by atomic mass is 32.1. The Morgan fingerprint density at radius 3 is 2.29 bits per heavy atom. The molecule has 14 heavy (non-hydrogen) atoms. The van der Waals surface area contributed by atoms with E-state index < -0.39 is 0 Å². The molecule has 0 saturated heterocycles. The first-order valence-electron chi connectivity index (χ1n) is 4.91. The minimum absolute atomic E-state index is 0.993. The fourth-order valence-electron chi connectivity index (χ4n) is 1.03. The van der Waals surface area contributed by atoms with E-state index in [1.165, 1.54) is 11.3 Å². The van der Waals surface area contributed by atoms with Crippen LogP contribution in [0.3, 0.4) is 0 Å². The third-order valence-corrected chi connectivity index (χ3v) is 2.88. The van der Waals surface area contributed by atoms with Crippen molar-refractivity contribution in [1.29, 1.82) is 0 Å². The molecule has 0 aliphatic rings. The topological polar surface area (TPSA) is 13.1 Å². The molecule has 1 nitrogen and oxygen atoms in total. The van der Waals surface area contributed by atoms with E-state index in [2.05, 4.69) is 31.4 Å². The first-order chi connectivity index (χ1) is 6.86. The fraction of sp³-hybridized carbons (Fsp3) is 0.333. The Balaban J connectivity index is 0.000000140. The standard InChI is InChI=1S/C6H8O.C6H8S/c2*1-2-6-4-3-5-7-6/h2*3-5H,2H2,1H3. The van der Waals surface area contributed by atoms with E-state index in [1.54, 1.807) is 6.26 Å². The third kappa shape index (κ3) is 3.79. The summed E-state index contributed by atoms with van der Waals surface area (Å²) in [6.45, 7) is 4.24. The summed E-state index contributed by atoms with van der Waals surface area (Å²) in [5.74, 6) is 1.06. The molecule has 0 unspecified atom stereocenters. The summed E-state index contributed by atoms with van der Waals surface area (Å²) in [6, 6.07) is 8.12. The van der Waals surface area contributed by atoms with Crippen LogP contribution in [0.2, 0.25) is 0 Å². The molecule has 0 bridgehead atoms. The van der Waals surface area contributed by atoms with Gasteiger partial charge in [-0.2, -0.15) is 0 Å². The Labute approximate surface area is 89.4 Å². The molecule has 0 amide bonds. The molecule has 2 heteroatoms. The lowest BCUT2D eigenvalue weighted by molar-refractivity contribution is 0.516. The van der Waals surface area contributed by atoms with E-state index in [0.29, 0.717) is 0 Å². The first-order valence-corrected chi connectivity index (χ1v) is 5.79. The van der Waals surface area contributed by atoms with Crippen LogP contribution in [0.15, 0.2) is 40.3 Å². The normalized spacial score (nSPS) is 9.29. The van der Waals surface area contributed by atoms with Gasteiger partial charge in [0.15, 0.2) is 0 Å². The van der Waals surface area contributed by atoms with Crippen molar-refractivity contribution in [2.75, 3.05) is 0 Å². The molecule has 76 valence electrons. The van der Waals surface area contributed by atoms with Gasteiger partial charge in [0.05, 0.1) is 6.26 Å². The van der Waals surface area contributed by atoms with Crippen molar-refractivity contribution < 1.29 is 4.42 Å². The molecule has 2 aromatic rings. The van der Waals surface area contributed by atoms with E-state index >= 15 is 0 Å². The zero-order valence-electron chi connectivity index (χ0n) is 8.69. The summed E-state index contributed by atoms with van der Waals surface area (Å²) in [5.41, 5.74) is 0. The van der Waals surface area contributed by atoms with Crippen molar-refractivity contribution in [1.82, 2.24) is 0 Å². The van der Waals surface area contributed by atoms with Crippen molar-refractivity contribution in [3.8, 4) is 0 Å². The molecule has 0 spiro atoms. The van der Waals surface area contributed by atoms with Gasteiger partial charge >= 0.3 is 0 Å². The molecular formula is C12H16OS. The smallest absolute Gasteiger partial charge is 0.103 e. The number of rotatable bonds is 2. The lowest BCUT2D eigenvalue weighted by atomic mass is 10.4. The Bertz CT molecular complexity index is 274. The molecule has 0 radical (unpaired) electrons. The average Bonchev–Trinajstić information content (AvgIpc) is 2.92. The quantitative estimate of drug-likeness (QED) is 0.722. The van der Waals surface area contributed by atoms with Gasteiger partial charge < -0.3 is 4.42 Å². The second-order valence-corrected chi connectivity index (χ2v) is 3.90. The van der Waals surface area contributed by atoms with Crippen LogP contribution in [0.4, 0.5) is 0 Å². The summed E-state index contributed by atoms with van der Waals surface area (Å²) in [6.07, 6.45) is 3.86. The Kier molecular flexibility index (Phi) is 5.08. The minimum atomic E-state index is 0.993. The van der Waals surface area contributed by atoms with Crippen LogP contribution in [-0.4, -0.2) is 0 Å². The van der Waals surface area contributed by atoms with Crippen LogP contribution >= 0.6 is 11.3 Å². The van der Waals surface area contributed by atoms with Gasteiger partial charge in [0.1, 0.15) is 5.76 Å². The van der Waals surface area contributed by atoms with Gasteiger partial charge in [-0.05, 0) is 30.0 Å². The molecule has 0 fully saturated rings. The number of furan rings is 1. The number of thiophene rings is 1. The van der Waals surface area contributed by atoms with E-state index in [0.717, 1.165) is 12.2 Å². The molecule has 0 aromatic carbocycles. The largest absolute Gasteiger partial charge is 0.469 e. The van der Waals surface area contributed by atoms with Gasteiger partial charge in [0.25, 0.3) is 0 Å². The molecule has 0 aliphatic heterocycles. The first kappa shape index (κ1) is 11.1. The third-order valence-electron chi connectivity index (χ3n) is 1.86. The van der Waals surface area contributed by atoms with Crippen LogP contribution in [-0.2, 0) is 12.8 Å². The predicted octanol–water partition coefficient (Wildman–Crippen LogP) is 4.15. The number of hydrogen-bond acceptors (Lipinski definition) is 2. The van der Waals surface area contributed by atoms with Gasteiger partial charge in [0.2, 0.25) is 0 Å². The van der Waals surface area contributed by atoms with Gasteiger partial charge in [-0.15, -0.1) is 11.3 Å². The summed E-state index contributed by atoms with van der Waals surface area (Å²) in [5, 5.41) is 2.11. The predicted molar refractivity (Wildman–Crippen MR) is 61.8 cm³/mol. The number of aryl methyl sites for hydroxylation is 2. The molecule has 0 atom stereocenters. The van der Waals surface area contributed by atoms with Crippen molar-refractivity contribution in [3.05, 3.63) is 46.5 Å². The van der Waals surface area contributed by atoms with Crippen molar-refractivity contribution in [3.63, 3.8) is 0 Å². The molecule has 0 aliphatic carbocycles. The van der Waals surface area contributed by atoms with Gasteiger partial charge in [-0.25, -0.2) is 0 Å². The second-order valence-electron chi connectivity index (χ2n) is 2.87. The maximum absolute atomic E-state index is 4.98. The molecular weight excluding hydrogens is 192 g/mol. The monoisotopic (exact) mass is 208 g/mol. The highest BCUT2D eigenvalue weighted by Gasteiger charge is 1.84. The lowest BCUT2D eigenvalue weighted by Gasteiger charge is -1.79. The van der Waals surface area contributed by atoms with E-state index in [9.17, 15) is 0 Å². The van der Waals surface area contributed by atoms with Crippen molar-refractivity contribution in [2.45, 2.75) is 26.7 Å². The van der Waals surface area contributed by atoms with E-state index in [4.69, 9.17) is 4.42 Å². The summed E-state index contributed by atoms with van der Waals surface area (Å²) < 4.78 is 4.98. The van der Waals surface area contributed by atoms with Crippen LogP contribution < -0.4 is 0 Å². The Hall–Kier alpha value is -1.02. The van der Waals surface area contributed by atoms with E-state index in [1.807, 2.05) is 23.5 Å². The average molecular weight is 208 g/mol. The van der Waals surface area contributed by atoms with E-state index in [-0.39, 0.29) is 0 Å². The molecule has 0 N–H and O–H groups in total. The molecule has 0 saturated carbocycles. The molecule has 2 rings (SSSR count).